The third kappa shape index (κ3) is 3.02. The molecule has 3 rings (SSSR count). The maximum absolute atomic E-state index is 12.1. The number of nitrogens with one attached hydrogen (secondary N) is 1. The summed E-state index contributed by atoms with van der Waals surface area (Å²) in [4.78, 5) is 13.9. The molecule has 3 heterocycles. The zero-order valence-electron chi connectivity index (χ0n) is 10.4. The third-order valence-electron chi connectivity index (χ3n) is 3.35. The van der Waals surface area contributed by atoms with Gasteiger partial charge in [-0.1, -0.05) is 11.3 Å². The second-order valence-electron chi connectivity index (χ2n) is 4.63. The number of carbonyl (C=O) groups excluding carboxylic acids is 1. The highest BCUT2D eigenvalue weighted by atomic mass is 32.1. The van der Waals surface area contributed by atoms with Gasteiger partial charge in [-0.2, -0.15) is 0 Å². The van der Waals surface area contributed by atoms with Gasteiger partial charge in [-0.25, -0.2) is 4.79 Å². The van der Waals surface area contributed by atoms with Crippen molar-refractivity contribution >= 4 is 22.5 Å². The molecule has 8 heteroatoms. The Balaban J connectivity index is 1.56. The number of piperidine rings is 1. The number of carbonyl (C=O) groups is 1. The Morgan fingerprint density at radius 2 is 2.32 bits per heavy atom. The van der Waals surface area contributed by atoms with Crippen molar-refractivity contribution in [3.63, 3.8) is 0 Å². The molecule has 0 spiro atoms. The monoisotopic (exact) mass is 284 g/mol. The predicted molar refractivity (Wildman–Crippen MR) is 68.9 cm³/mol. The summed E-state index contributed by atoms with van der Waals surface area (Å²) in [5.74, 6) is 0.261. The van der Waals surface area contributed by atoms with Gasteiger partial charge < -0.3 is 14.4 Å². The SMILES string of the molecule is O=C(Nc1nncs1)N1CCCC(C2OCCO2)C1. The molecule has 2 amide bonds. The first-order chi connectivity index (χ1) is 9.33. The topological polar surface area (TPSA) is 76.6 Å². The van der Waals surface area contributed by atoms with Crippen molar-refractivity contribution < 1.29 is 14.3 Å². The van der Waals surface area contributed by atoms with Gasteiger partial charge in [0.25, 0.3) is 0 Å². The normalized spacial score (nSPS) is 24.6. The lowest BCUT2D eigenvalue weighted by Gasteiger charge is -2.34. The number of amides is 2. The summed E-state index contributed by atoms with van der Waals surface area (Å²) in [7, 11) is 0. The van der Waals surface area contributed by atoms with Crippen LogP contribution < -0.4 is 5.32 Å². The minimum Gasteiger partial charge on any atom is -0.350 e. The van der Waals surface area contributed by atoms with Crippen LogP contribution in [0.5, 0.6) is 0 Å². The molecule has 1 aromatic rings. The number of urea groups is 1. The van der Waals surface area contributed by atoms with E-state index in [-0.39, 0.29) is 18.2 Å². The van der Waals surface area contributed by atoms with Crippen LogP contribution in [0.1, 0.15) is 12.8 Å². The second kappa shape index (κ2) is 5.81. The number of hydrogen-bond acceptors (Lipinski definition) is 6. The van der Waals surface area contributed by atoms with Gasteiger partial charge in [0.05, 0.1) is 13.2 Å². The minimum atomic E-state index is -0.155. The van der Waals surface area contributed by atoms with Crippen LogP contribution in [-0.4, -0.2) is 53.7 Å². The Labute approximate surface area is 114 Å². The van der Waals surface area contributed by atoms with Gasteiger partial charge in [-0.05, 0) is 12.8 Å². The van der Waals surface area contributed by atoms with Crippen molar-refractivity contribution in [3.05, 3.63) is 5.51 Å². The smallest absolute Gasteiger partial charge is 0.323 e. The van der Waals surface area contributed by atoms with Crippen molar-refractivity contribution in [1.82, 2.24) is 15.1 Å². The molecule has 1 N–H and O–H groups in total. The summed E-state index contributed by atoms with van der Waals surface area (Å²) in [5, 5.41) is 10.8. The summed E-state index contributed by atoms with van der Waals surface area (Å²) in [6.45, 7) is 2.72. The zero-order chi connectivity index (χ0) is 13.1. The molecule has 2 aliphatic heterocycles. The summed E-state index contributed by atoms with van der Waals surface area (Å²) in [5.41, 5.74) is 1.59. The molecule has 104 valence electrons. The molecule has 1 unspecified atom stereocenters. The van der Waals surface area contributed by atoms with Gasteiger partial charge in [-0.3, -0.25) is 5.32 Å². The van der Waals surface area contributed by atoms with E-state index in [0.29, 0.717) is 24.9 Å². The Kier molecular flexibility index (Phi) is 3.90. The lowest BCUT2D eigenvalue weighted by molar-refractivity contribution is -0.0959. The van der Waals surface area contributed by atoms with E-state index in [9.17, 15) is 4.79 Å². The van der Waals surface area contributed by atoms with Crippen LogP contribution in [0.2, 0.25) is 0 Å². The summed E-state index contributed by atoms with van der Waals surface area (Å²) in [6, 6.07) is -0.126. The zero-order valence-corrected chi connectivity index (χ0v) is 11.3. The van der Waals surface area contributed by atoms with Crippen LogP contribution >= 0.6 is 11.3 Å². The lowest BCUT2D eigenvalue weighted by atomic mass is 9.98. The molecule has 0 aromatic carbocycles. The molecule has 1 atom stereocenters. The number of nitrogens with zero attached hydrogens (tertiary/aromatic N) is 3. The van der Waals surface area contributed by atoms with E-state index in [0.717, 1.165) is 19.4 Å². The lowest BCUT2D eigenvalue weighted by Crippen LogP contribution is -2.45. The van der Waals surface area contributed by atoms with E-state index in [1.165, 1.54) is 11.3 Å². The fraction of sp³-hybridized carbons (Fsp3) is 0.727. The van der Waals surface area contributed by atoms with Crippen molar-refractivity contribution in [2.45, 2.75) is 19.1 Å². The van der Waals surface area contributed by atoms with Crippen LogP contribution in [0, 0.1) is 5.92 Å². The molecule has 2 fully saturated rings. The fourth-order valence-corrected chi connectivity index (χ4v) is 2.90. The molecule has 0 aliphatic carbocycles. The quantitative estimate of drug-likeness (QED) is 0.881. The summed E-state index contributed by atoms with van der Waals surface area (Å²) in [6.07, 6.45) is 1.85. The Morgan fingerprint density at radius 3 is 3.05 bits per heavy atom. The second-order valence-corrected chi connectivity index (χ2v) is 5.47. The average Bonchev–Trinajstić information content (AvgIpc) is 3.12. The van der Waals surface area contributed by atoms with E-state index >= 15 is 0 Å². The molecule has 19 heavy (non-hydrogen) atoms. The van der Waals surface area contributed by atoms with E-state index in [1.54, 1.807) is 10.4 Å². The number of ether oxygens (including phenoxy) is 2. The third-order valence-corrected chi connectivity index (χ3v) is 3.96. The van der Waals surface area contributed by atoms with E-state index in [2.05, 4.69) is 15.5 Å². The van der Waals surface area contributed by atoms with Crippen LogP contribution in [-0.2, 0) is 9.47 Å². The highest BCUT2D eigenvalue weighted by Crippen LogP contribution is 2.25. The van der Waals surface area contributed by atoms with Crippen LogP contribution in [0.15, 0.2) is 5.51 Å². The van der Waals surface area contributed by atoms with Crippen molar-refractivity contribution in [3.8, 4) is 0 Å². The molecule has 7 nitrogen and oxygen atoms in total. The highest BCUT2D eigenvalue weighted by molar-refractivity contribution is 7.13. The standard InChI is InChI=1S/C11H16N4O3S/c16-11(13-10-14-12-7-19-10)15-3-1-2-8(6-15)9-17-4-5-18-9/h7-9H,1-6H2,(H,13,14,16). The Bertz CT molecular complexity index is 422. The van der Waals surface area contributed by atoms with Crippen LogP contribution in [0.3, 0.4) is 0 Å². The van der Waals surface area contributed by atoms with Crippen molar-refractivity contribution in [2.75, 3.05) is 31.6 Å². The minimum absolute atomic E-state index is 0.126. The van der Waals surface area contributed by atoms with Gasteiger partial charge in [0.1, 0.15) is 5.51 Å². The van der Waals surface area contributed by atoms with Gasteiger partial charge in [-0.15, -0.1) is 10.2 Å². The van der Waals surface area contributed by atoms with E-state index in [1.807, 2.05) is 0 Å². The summed E-state index contributed by atoms with van der Waals surface area (Å²) >= 11 is 1.31. The Morgan fingerprint density at radius 1 is 1.47 bits per heavy atom. The predicted octanol–water partition coefficient (Wildman–Crippen LogP) is 1.15. The number of anilines is 1. The number of rotatable bonds is 2. The summed E-state index contributed by atoms with van der Waals surface area (Å²) < 4.78 is 11.1. The number of aromatic nitrogens is 2. The van der Waals surface area contributed by atoms with Crippen LogP contribution in [0.25, 0.3) is 0 Å². The van der Waals surface area contributed by atoms with E-state index < -0.39 is 0 Å². The molecule has 0 radical (unpaired) electrons. The largest absolute Gasteiger partial charge is 0.350 e. The van der Waals surface area contributed by atoms with Gasteiger partial charge in [0.2, 0.25) is 5.13 Å². The van der Waals surface area contributed by atoms with Crippen molar-refractivity contribution in [2.24, 2.45) is 5.92 Å². The maximum Gasteiger partial charge on any atom is 0.323 e. The van der Waals surface area contributed by atoms with Gasteiger partial charge >= 0.3 is 6.03 Å². The molecular formula is C11H16N4O3S. The first-order valence-corrected chi connectivity index (χ1v) is 7.26. The van der Waals surface area contributed by atoms with Gasteiger partial charge in [0, 0.05) is 19.0 Å². The van der Waals surface area contributed by atoms with Crippen LogP contribution in [0.4, 0.5) is 9.93 Å². The molecular weight excluding hydrogens is 268 g/mol. The van der Waals surface area contributed by atoms with Gasteiger partial charge in [0.15, 0.2) is 6.29 Å². The molecule has 2 aliphatic rings. The molecule has 1 aromatic heterocycles. The fourth-order valence-electron chi connectivity index (χ4n) is 2.46. The molecule has 0 bridgehead atoms. The van der Waals surface area contributed by atoms with Crippen molar-refractivity contribution in [1.29, 1.82) is 0 Å². The maximum atomic E-state index is 12.1. The Hall–Kier alpha value is -1.25. The first-order valence-electron chi connectivity index (χ1n) is 6.38. The van der Waals surface area contributed by atoms with E-state index in [4.69, 9.17) is 9.47 Å². The highest BCUT2D eigenvalue weighted by Gasteiger charge is 2.32. The molecule has 2 saturated heterocycles. The first kappa shape index (κ1) is 12.8. The molecule has 0 saturated carbocycles. The number of hydrogen-bond donors (Lipinski definition) is 1. The average molecular weight is 284 g/mol. The number of likely N-dealkylation sites (tertiary alicyclic amines) is 1.